The van der Waals surface area contributed by atoms with Gasteiger partial charge in [-0.3, -0.25) is 0 Å². The number of nitrogen functional groups attached to an aromatic ring is 1. The van der Waals surface area contributed by atoms with Crippen molar-refractivity contribution in [3.05, 3.63) is 80.8 Å². The van der Waals surface area contributed by atoms with E-state index in [2.05, 4.69) is 71.9 Å². The van der Waals surface area contributed by atoms with Gasteiger partial charge in [0.2, 0.25) is 0 Å². The molecule has 1 aromatic carbocycles. The molecule has 4 fully saturated rings. The number of anilines is 1. The number of benzene rings is 1. The van der Waals surface area contributed by atoms with Crippen LogP contribution in [0.1, 0.15) is 90.3 Å². The molecule has 40 heavy (non-hydrogen) atoms. The summed E-state index contributed by atoms with van der Waals surface area (Å²) in [6.07, 6.45) is 10.7. The van der Waals surface area contributed by atoms with E-state index in [9.17, 15) is 10.5 Å². The average Bonchev–Trinajstić information content (AvgIpc) is 3.34. The highest BCUT2D eigenvalue weighted by Gasteiger charge is 2.51. The number of hydrogen-bond donors (Lipinski definition) is 1. The first kappa shape index (κ1) is 24.9. The van der Waals surface area contributed by atoms with Crippen LogP contribution >= 0.6 is 0 Å². The number of aryl methyl sites for hydroxylation is 1. The van der Waals surface area contributed by atoms with E-state index in [0.717, 1.165) is 57.0 Å². The number of nitrogens with zero attached hydrogens (tertiary/aromatic N) is 4. The number of allylic oxidation sites excluding steroid dienone is 3. The van der Waals surface area contributed by atoms with E-state index >= 15 is 0 Å². The SMILES string of the molecule is CC1=C(C#N)c2nc(N)c(C#N)c(C)c2/C1=C\c1cc(C)n(-c2ccc(C34CC5CC(CC(C5)C3)C4)cc2)c1C. The second kappa shape index (κ2) is 8.70. The molecular formula is C35H35N5. The zero-order valence-corrected chi connectivity index (χ0v) is 23.8. The van der Waals surface area contributed by atoms with Crippen LogP contribution in [0.4, 0.5) is 5.82 Å². The molecule has 0 atom stereocenters. The topological polar surface area (TPSA) is 91.4 Å². The van der Waals surface area contributed by atoms with Crippen molar-refractivity contribution >= 4 is 23.0 Å². The van der Waals surface area contributed by atoms with Crippen LogP contribution in [0.25, 0.3) is 22.9 Å². The zero-order chi connectivity index (χ0) is 27.9. The van der Waals surface area contributed by atoms with Crippen molar-refractivity contribution in [1.29, 1.82) is 10.5 Å². The van der Waals surface area contributed by atoms with Gasteiger partial charge in [0.25, 0.3) is 0 Å². The standard InChI is InChI=1S/C35H35N5/c1-19-9-26(13-29-20(2)30(17-36)33-32(29)21(3)31(18-37)34(38)39-33)22(4)40(19)28-7-5-27(6-8-28)35-14-23-10-24(15-35)12-25(11-23)16-35/h5-9,13,23-25H,10-12,14-16H2,1-4H3,(H2,38,39)/b29-13-. The van der Waals surface area contributed by atoms with Crippen molar-refractivity contribution in [3.63, 3.8) is 0 Å². The molecule has 3 aromatic rings. The van der Waals surface area contributed by atoms with E-state index < -0.39 is 0 Å². The van der Waals surface area contributed by atoms with Crippen LogP contribution in [0.3, 0.4) is 0 Å². The lowest BCUT2D eigenvalue weighted by Gasteiger charge is -2.57. The van der Waals surface area contributed by atoms with Gasteiger partial charge in [0.15, 0.2) is 0 Å². The van der Waals surface area contributed by atoms with Gasteiger partial charge in [-0.15, -0.1) is 0 Å². The second-order valence-electron chi connectivity index (χ2n) is 12.9. The highest BCUT2D eigenvalue weighted by molar-refractivity contribution is 6.08. The molecule has 2 N–H and O–H groups in total. The van der Waals surface area contributed by atoms with Crippen molar-refractivity contribution in [2.45, 2.75) is 71.6 Å². The molecule has 8 rings (SSSR count). The first-order chi connectivity index (χ1) is 19.2. The van der Waals surface area contributed by atoms with Gasteiger partial charge in [-0.25, -0.2) is 4.98 Å². The van der Waals surface area contributed by atoms with Gasteiger partial charge >= 0.3 is 0 Å². The van der Waals surface area contributed by atoms with Crippen molar-refractivity contribution in [2.75, 3.05) is 5.73 Å². The maximum atomic E-state index is 9.93. The number of fused-ring (bicyclic) bond motifs is 1. The van der Waals surface area contributed by atoms with E-state index in [4.69, 9.17) is 5.73 Å². The minimum Gasteiger partial charge on any atom is -0.383 e. The summed E-state index contributed by atoms with van der Waals surface area (Å²) in [6, 6.07) is 16.2. The molecule has 4 bridgehead atoms. The van der Waals surface area contributed by atoms with Crippen molar-refractivity contribution in [3.8, 4) is 17.8 Å². The summed E-state index contributed by atoms with van der Waals surface area (Å²) >= 11 is 0. The van der Waals surface area contributed by atoms with Crippen LogP contribution in [-0.2, 0) is 5.41 Å². The fourth-order valence-electron chi connectivity index (χ4n) is 9.11. The third kappa shape index (κ3) is 3.47. The molecule has 5 aliphatic rings. The van der Waals surface area contributed by atoms with Gasteiger partial charge in [0, 0.05) is 22.6 Å². The van der Waals surface area contributed by atoms with Crippen molar-refractivity contribution < 1.29 is 0 Å². The molecule has 4 saturated carbocycles. The smallest absolute Gasteiger partial charge is 0.142 e. The van der Waals surface area contributed by atoms with Crippen LogP contribution in [0.5, 0.6) is 0 Å². The third-order valence-electron chi connectivity index (χ3n) is 10.5. The summed E-state index contributed by atoms with van der Waals surface area (Å²) in [6.45, 7) is 8.15. The molecule has 0 saturated heterocycles. The van der Waals surface area contributed by atoms with Gasteiger partial charge in [0.1, 0.15) is 18.0 Å². The Balaban J connectivity index is 1.27. The van der Waals surface area contributed by atoms with Gasteiger partial charge < -0.3 is 10.3 Å². The summed E-state index contributed by atoms with van der Waals surface area (Å²) in [4.78, 5) is 4.48. The summed E-state index contributed by atoms with van der Waals surface area (Å²) in [7, 11) is 0. The molecule has 5 nitrogen and oxygen atoms in total. The van der Waals surface area contributed by atoms with Gasteiger partial charge in [-0.2, -0.15) is 10.5 Å². The summed E-state index contributed by atoms with van der Waals surface area (Å²) in [5, 5.41) is 19.6. The summed E-state index contributed by atoms with van der Waals surface area (Å²) in [5.74, 6) is 3.00. The highest BCUT2D eigenvalue weighted by Crippen LogP contribution is 2.60. The molecule has 0 spiro atoms. The Morgan fingerprint density at radius 3 is 2.15 bits per heavy atom. The number of aromatic nitrogens is 2. The molecular weight excluding hydrogens is 490 g/mol. The molecule has 200 valence electrons. The van der Waals surface area contributed by atoms with Crippen LogP contribution in [0, 0.1) is 61.2 Å². The fraction of sp³-hybridized carbons (Fsp3) is 0.400. The number of pyridine rings is 1. The van der Waals surface area contributed by atoms with E-state index in [1.54, 1.807) is 5.56 Å². The predicted molar refractivity (Wildman–Crippen MR) is 159 cm³/mol. The monoisotopic (exact) mass is 525 g/mol. The number of hydrogen-bond acceptors (Lipinski definition) is 4. The van der Waals surface area contributed by atoms with Gasteiger partial charge in [0.05, 0.1) is 16.8 Å². The van der Waals surface area contributed by atoms with Gasteiger partial charge in [-0.1, -0.05) is 12.1 Å². The maximum Gasteiger partial charge on any atom is 0.142 e. The van der Waals surface area contributed by atoms with Crippen LogP contribution in [0.15, 0.2) is 35.9 Å². The average molecular weight is 526 g/mol. The fourth-order valence-corrected chi connectivity index (χ4v) is 9.11. The number of rotatable bonds is 3. The summed E-state index contributed by atoms with van der Waals surface area (Å²) < 4.78 is 2.32. The van der Waals surface area contributed by atoms with E-state index in [1.807, 2.05) is 13.8 Å². The van der Waals surface area contributed by atoms with E-state index in [1.165, 1.54) is 44.2 Å². The van der Waals surface area contributed by atoms with Crippen LogP contribution in [-0.4, -0.2) is 9.55 Å². The van der Waals surface area contributed by atoms with Crippen LogP contribution < -0.4 is 5.73 Å². The molecule has 2 aromatic heterocycles. The summed E-state index contributed by atoms with van der Waals surface area (Å²) in [5.41, 5.74) is 17.5. The Hall–Kier alpha value is -4.09. The number of nitriles is 2. The quantitative estimate of drug-likeness (QED) is 0.382. The third-order valence-corrected chi connectivity index (χ3v) is 10.5. The van der Waals surface area contributed by atoms with E-state index in [0.29, 0.717) is 22.2 Å². The Morgan fingerprint density at radius 1 is 0.950 bits per heavy atom. The minimum atomic E-state index is 0.177. The molecule has 0 radical (unpaired) electrons. The Bertz CT molecular complexity index is 1700. The van der Waals surface area contributed by atoms with Crippen LogP contribution in [0.2, 0.25) is 0 Å². The lowest BCUT2D eigenvalue weighted by molar-refractivity contribution is -0.00518. The normalized spacial score (nSPS) is 27.2. The Labute approximate surface area is 236 Å². The highest BCUT2D eigenvalue weighted by atomic mass is 15.0. The second-order valence-corrected chi connectivity index (χ2v) is 12.9. The largest absolute Gasteiger partial charge is 0.383 e. The van der Waals surface area contributed by atoms with E-state index in [-0.39, 0.29) is 5.82 Å². The maximum absolute atomic E-state index is 9.93. The Morgan fingerprint density at radius 2 is 1.57 bits per heavy atom. The molecule has 5 heteroatoms. The molecule has 0 unspecified atom stereocenters. The lowest BCUT2D eigenvalue weighted by atomic mass is 9.48. The molecule has 5 aliphatic carbocycles. The molecule has 0 aliphatic heterocycles. The lowest BCUT2D eigenvalue weighted by Crippen LogP contribution is -2.48. The first-order valence-electron chi connectivity index (χ1n) is 14.6. The predicted octanol–water partition coefficient (Wildman–Crippen LogP) is 7.57. The van der Waals surface area contributed by atoms with Gasteiger partial charge in [-0.05, 0) is 142 Å². The Kier molecular flexibility index (Phi) is 5.42. The zero-order valence-electron chi connectivity index (χ0n) is 23.8. The van der Waals surface area contributed by atoms with Crippen molar-refractivity contribution in [1.82, 2.24) is 9.55 Å². The molecule has 2 heterocycles. The number of nitrogens with two attached hydrogens (primary N) is 1. The first-order valence-corrected chi connectivity index (χ1v) is 14.6. The minimum absolute atomic E-state index is 0.177. The molecule has 0 amide bonds. The van der Waals surface area contributed by atoms with Crippen molar-refractivity contribution in [2.24, 2.45) is 17.8 Å².